The fourth-order valence-electron chi connectivity index (χ4n) is 3.87. The third-order valence-corrected chi connectivity index (χ3v) is 6.83. The molecular weight excluding hydrogens is 363 g/mol. The smallest absolute Gasteiger partial charge is 0.322 e. The van der Waals surface area contributed by atoms with Gasteiger partial charge in [-0.05, 0) is 57.3 Å². The van der Waals surface area contributed by atoms with Gasteiger partial charge < -0.3 is 4.74 Å². The zero-order valence-corrected chi connectivity index (χ0v) is 15.3. The molecule has 0 aromatic rings. The van der Waals surface area contributed by atoms with E-state index in [0.29, 0.717) is 5.92 Å². The van der Waals surface area contributed by atoms with Gasteiger partial charge in [0.1, 0.15) is 9.53 Å². The topological polar surface area (TPSA) is 26.3 Å². The number of hydrogen-bond acceptors (Lipinski definition) is 2. The van der Waals surface area contributed by atoms with Gasteiger partial charge in [0, 0.05) is 0 Å². The molecule has 0 aromatic heterocycles. The summed E-state index contributed by atoms with van der Waals surface area (Å²) in [6, 6.07) is 0. The molecule has 0 amide bonds. The Labute approximate surface area is 137 Å². The first-order chi connectivity index (χ1) is 9.44. The van der Waals surface area contributed by atoms with E-state index in [1.54, 1.807) is 0 Å². The molecule has 2 rings (SSSR count). The summed E-state index contributed by atoms with van der Waals surface area (Å²) in [4.78, 5) is 12.2. The third-order valence-electron chi connectivity index (χ3n) is 5.63. The van der Waals surface area contributed by atoms with E-state index in [0.717, 1.165) is 18.3 Å². The second kappa shape index (κ2) is 6.97. The van der Waals surface area contributed by atoms with Crippen LogP contribution in [0.4, 0.5) is 0 Å². The Morgan fingerprint density at radius 1 is 1.25 bits per heavy atom. The Balaban J connectivity index is 1.87. The normalized spacial score (nSPS) is 34.7. The van der Waals surface area contributed by atoms with Crippen molar-refractivity contribution < 1.29 is 9.53 Å². The van der Waals surface area contributed by atoms with Crippen LogP contribution in [0.1, 0.15) is 72.1 Å². The molecule has 0 spiro atoms. The van der Waals surface area contributed by atoms with Gasteiger partial charge in [0.05, 0.1) is 0 Å². The van der Waals surface area contributed by atoms with Gasteiger partial charge in [-0.2, -0.15) is 0 Å². The fraction of sp³-hybridized carbons (Fsp3) is 0.941. The summed E-state index contributed by atoms with van der Waals surface area (Å²) in [5.41, 5.74) is 0. The molecule has 0 saturated heterocycles. The highest BCUT2D eigenvalue weighted by Gasteiger charge is 2.37. The number of carbonyl (C=O) groups excluding carboxylic acids is 1. The van der Waals surface area contributed by atoms with Crippen LogP contribution in [0, 0.1) is 17.8 Å². The molecule has 5 unspecified atom stereocenters. The van der Waals surface area contributed by atoms with Crippen molar-refractivity contribution in [2.24, 2.45) is 17.8 Å². The molecule has 20 heavy (non-hydrogen) atoms. The summed E-state index contributed by atoms with van der Waals surface area (Å²) in [6.07, 6.45) is 10.5. The van der Waals surface area contributed by atoms with Crippen LogP contribution in [0.5, 0.6) is 0 Å². The minimum Gasteiger partial charge on any atom is -0.461 e. The Morgan fingerprint density at radius 3 is 2.55 bits per heavy atom. The van der Waals surface area contributed by atoms with Gasteiger partial charge in [-0.1, -0.05) is 55.2 Å². The molecule has 0 bridgehead atoms. The Bertz CT molecular complexity index is 340. The lowest BCUT2D eigenvalue weighted by Gasteiger charge is -2.41. The van der Waals surface area contributed by atoms with E-state index in [-0.39, 0.29) is 15.5 Å². The third kappa shape index (κ3) is 3.89. The van der Waals surface area contributed by atoms with Gasteiger partial charge in [-0.3, -0.25) is 4.79 Å². The van der Waals surface area contributed by atoms with Crippen molar-refractivity contribution in [2.45, 2.75) is 81.7 Å². The number of ether oxygens (including phenoxy) is 1. The van der Waals surface area contributed by atoms with Crippen molar-refractivity contribution in [3.05, 3.63) is 0 Å². The number of alkyl halides is 1. The number of carbonyl (C=O) groups is 1. The highest BCUT2D eigenvalue weighted by Crippen LogP contribution is 2.44. The van der Waals surface area contributed by atoms with Crippen molar-refractivity contribution in [3.63, 3.8) is 0 Å². The zero-order chi connectivity index (χ0) is 14.8. The van der Waals surface area contributed by atoms with Crippen LogP contribution in [0.2, 0.25) is 0 Å². The summed E-state index contributed by atoms with van der Waals surface area (Å²) in [5.74, 6) is 2.43. The van der Waals surface area contributed by atoms with Crippen LogP contribution in [0.3, 0.4) is 0 Å². The largest absolute Gasteiger partial charge is 0.461 e. The second-order valence-corrected chi connectivity index (χ2v) is 9.42. The second-order valence-electron chi connectivity index (χ2n) is 7.04. The zero-order valence-electron chi connectivity index (χ0n) is 13.2. The maximum atomic E-state index is 12.2. The maximum absolute atomic E-state index is 12.2. The molecule has 0 aromatic carbocycles. The molecule has 0 heterocycles. The first-order valence-electron chi connectivity index (χ1n) is 8.34. The van der Waals surface area contributed by atoms with E-state index in [2.05, 4.69) is 29.5 Å². The summed E-state index contributed by atoms with van der Waals surface area (Å²) >= 11 is 2.23. The molecule has 2 nitrogen and oxygen atoms in total. The fourth-order valence-corrected chi connectivity index (χ4v) is 4.00. The van der Waals surface area contributed by atoms with Crippen molar-refractivity contribution in [3.8, 4) is 0 Å². The highest BCUT2D eigenvalue weighted by atomic mass is 127. The van der Waals surface area contributed by atoms with Crippen LogP contribution >= 0.6 is 22.6 Å². The molecule has 2 saturated carbocycles. The predicted octanol–water partition coefficient (Wildman–Crippen LogP) is 5.13. The molecule has 2 aliphatic carbocycles. The Hall–Kier alpha value is 0.200. The monoisotopic (exact) mass is 392 g/mol. The number of esters is 1. The first-order valence-corrected chi connectivity index (χ1v) is 9.42. The number of fused-ring (bicyclic) bond motifs is 1. The highest BCUT2D eigenvalue weighted by molar-refractivity contribution is 14.1. The Morgan fingerprint density at radius 2 is 1.90 bits per heavy atom. The van der Waals surface area contributed by atoms with Crippen LogP contribution in [-0.4, -0.2) is 15.5 Å². The summed E-state index contributed by atoms with van der Waals surface area (Å²) in [5, 5.41) is 0. The predicted molar refractivity (Wildman–Crippen MR) is 91.1 cm³/mol. The molecule has 116 valence electrons. The van der Waals surface area contributed by atoms with Crippen molar-refractivity contribution in [1.82, 2.24) is 0 Å². The molecule has 2 fully saturated rings. The van der Waals surface area contributed by atoms with Gasteiger partial charge in [0.15, 0.2) is 0 Å². The van der Waals surface area contributed by atoms with Gasteiger partial charge in [0.25, 0.3) is 0 Å². The van der Waals surface area contributed by atoms with E-state index in [9.17, 15) is 4.79 Å². The number of halogens is 1. The lowest BCUT2D eigenvalue weighted by molar-refractivity contribution is -0.154. The van der Waals surface area contributed by atoms with E-state index < -0.39 is 0 Å². The molecular formula is C17H29IO2. The lowest BCUT2D eigenvalue weighted by Crippen LogP contribution is -2.38. The maximum Gasteiger partial charge on any atom is 0.322 e. The van der Waals surface area contributed by atoms with Gasteiger partial charge in [-0.15, -0.1) is 0 Å². The van der Waals surface area contributed by atoms with Crippen LogP contribution in [0.25, 0.3) is 0 Å². The van der Waals surface area contributed by atoms with Crippen LogP contribution in [0.15, 0.2) is 0 Å². The molecule has 2 aliphatic rings. The van der Waals surface area contributed by atoms with Crippen molar-refractivity contribution in [1.29, 1.82) is 0 Å². The van der Waals surface area contributed by atoms with E-state index >= 15 is 0 Å². The molecule has 0 aliphatic heterocycles. The molecule has 3 heteroatoms. The van der Waals surface area contributed by atoms with Gasteiger partial charge >= 0.3 is 5.97 Å². The van der Waals surface area contributed by atoms with Gasteiger partial charge in [-0.25, -0.2) is 0 Å². The minimum absolute atomic E-state index is 0.0288. The quantitative estimate of drug-likeness (QED) is 0.377. The van der Waals surface area contributed by atoms with E-state index in [1.165, 1.54) is 44.9 Å². The first kappa shape index (κ1) is 16.6. The van der Waals surface area contributed by atoms with Crippen LogP contribution in [-0.2, 0) is 9.53 Å². The SMILES string of the molecule is CCC(C)(I)C(=O)OC(C)C1CCC2CCCCC2C1. The molecule has 5 atom stereocenters. The standard InChI is InChI=1S/C17H29IO2/c1-4-17(3,18)16(19)20-12(2)14-10-9-13-7-5-6-8-15(13)11-14/h12-15H,4-11H2,1-3H3. The average molecular weight is 392 g/mol. The minimum atomic E-state index is -0.367. The Kier molecular flexibility index (Phi) is 5.78. The van der Waals surface area contributed by atoms with Crippen molar-refractivity contribution in [2.75, 3.05) is 0 Å². The molecule has 0 radical (unpaired) electrons. The summed E-state index contributed by atoms with van der Waals surface area (Å²) in [7, 11) is 0. The van der Waals surface area contributed by atoms with E-state index in [1.807, 2.05) is 13.8 Å². The average Bonchev–Trinajstić information content (AvgIpc) is 2.46. The van der Waals surface area contributed by atoms with Crippen molar-refractivity contribution >= 4 is 28.6 Å². The number of rotatable bonds is 4. The van der Waals surface area contributed by atoms with E-state index in [4.69, 9.17) is 4.74 Å². The van der Waals surface area contributed by atoms with Gasteiger partial charge in [0.2, 0.25) is 0 Å². The summed E-state index contributed by atoms with van der Waals surface area (Å²) < 4.78 is 5.41. The molecule has 0 N–H and O–H groups in total. The van der Waals surface area contributed by atoms with Crippen LogP contribution < -0.4 is 0 Å². The summed E-state index contributed by atoms with van der Waals surface area (Å²) in [6.45, 7) is 6.13. The lowest BCUT2D eigenvalue weighted by atomic mass is 9.66. The number of hydrogen-bond donors (Lipinski definition) is 0.